The number of fused-ring (bicyclic) bond motifs is 1. The van der Waals surface area contributed by atoms with Crippen LogP contribution in [-0.4, -0.2) is 24.7 Å². The highest BCUT2D eigenvalue weighted by atomic mass is 19.1. The quantitative estimate of drug-likeness (QED) is 0.327. The lowest BCUT2D eigenvalue weighted by Crippen LogP contribution is -2.05. The second-order valence-electron chi connectivity index (χ2n) is 7.32. The molecule has 35 heavy (non-hydrogen) atoms. The van der Waals surface area contributed by atoms with Gasteiger partial charge in [0.05, 0.1) is 23.8 Å². The molecule has 0 saturated heterocycles. The lowest BCUT2D eigenvalue weighted by Gasteiger charge is -2.05. The Morgan fingerprint density at radius 2 is 1.57 bits per heavy atom. The van der Waals surface area contributed by atoms with Crippen LogP contribution in [0, 0.1) is 11.6 Å². The molecule has 0 aliphatic heterocycles. The van der Waals surface area contributed by atoms with Crippen molar-refractivity contribution in [3.8, 4) is 11.5 Å². The van der Waals surface area contributed by atoms with Crippen molar-refractivity contribution >= 4 is 34.0 Å². The Morgan fingerprint density at radius 1 is 0.886 bits per heavy atom. The van der Waals surface area contributed by atoms with E-state index in [0.717, 1.165) is 6.20 Å². The van der Waals surface area contributed by atoms with Gasteiger partial charge < -0.3 is 11.5 Å². The first-order valence-corrected chi connectivity index (χ1v) is 10.1. The third-order valence-corrected chi connectivity index (χ3v) is 5.00. The molecule has 0 atom stereocenters. The Kier molecular flexibility index (Phi) is 6.40. The van der Waals surface area contributed by atoms with Crippen LogP contribution in [0.25, 0.3) is 22.6 Å². The van der Waals surface area contributed by atoms with Crippen LogP contribution in [0.4, 0.5) is 31.8 Å². The summed E-state index contributed by atoms with van der Waals surface area (Å²) < 4.78 is 29.7. The molecule has 5 rings (SSSR count). The Balaban J connectivity index is 0.00000289. The molecule has 5 aromatic rings. The maximum atomic E-state index is 14.2. The number of hydrogen-bond donors (Lipinski definition) is 2. The van der Waals surface area contributed by atoms with Gasteiger partial charge in [-0.15, -0.1) is 5.11 Å². The normalized spacial score (nSPS) is 11.1. The molecular weight excluding hydrogens is 452 g/mol. The Morgan fingerprint density at radius 3 is 2.29 bits per heavy atom. The highest BCUT2D eigenvalue weighted by Crippen LogP contribution is 2.33. The van der Waals surface area contributed by atoms with Gasteiger partial charge in [-0.05, 0) is 24.3 Å². The lowest BCUT2D eigenvalue weighted by molar-refractivity contribution is 0.588. The molecule has 0 spiro atoms. The summed E-state index contributed by atoms with van der Waals surface area (Å²) in [5.74, 6) is -0.967. The van der Waals surface area contributed by atoms with Gasteiger partial charge in [-0.2, -0.15) is 10.2 Å². The fraction of sp³-hybridized carbons (Fsp3) is 0.0833. The van der Waals surface area contributed by atoms with E-state index in [9.17, 15) is 8.78 Å². The Hall–Kier alpha value is -4.80. The van der Waals surface area contributed by atoms with Crippen LogP contribution < -0.4 is 11.5 Å². The highest BCUT2D eigenvalue weighted by Gasteiger charge is 2.20. The van der Waals surface area contributed by atoms with Crippen molar-refractivity contribution < 1.29 is 8.78 Å². The number of rotatable bonds is 5. The van der Waals surface area contributed by atoms with Gasteiger partial charge in [-0.1, -0.05) is 43.8 Å². The molecule has 0 fully saturated rings. The molecule has 176 valence electrons. The molecular formula is C24H21F2N9. The maximum Gasteiger partial charge on any atom is 0.184 e. The van der Waals surface area contributed by atoms with Gasteiger partial charge in [0.2, 0.25) is 0 Å². The summed E-state index contributed by atoms with van der Waals surface area (Å²) in [5.41, 5.74) is 13.8. The summed E-state index contributed by atoms with van der Waals surface area (Å²) in [5, 5.41) is 13.0. The van der Waals surface area contributed by atoms with E-state index < -0.39 is 11.6 Å². The highest BCUT2D eigenvalue weighted by molar-refractivity contribution is 5.90. The van der Waals surface area contributed by atoms with Gasteiger partial charge in [0.1, 0.15) is 17.3 Å². The van der Waals surface area contributed by atoms with E-state index in [1.165, 1.54) is 16.8 Å². The van der Waals surface area contributed by atoms with Crippen LogP contribution in [-0.2, 0) is 6.54 Å². The minimum absolute atomic E-state index is 0. The van der Waals surface area contributed by atoms with E-state index in [0.29, 0.717) is 22.3 Å². The summed E-state index contributed by atoms with van der Waals surface area (Å²) in [6.45, 7) is 0.0656. The second-order valence-corrected chi connectivity index (χ2v) is 7.32. The van der Waals surface area contributed by atoms with Crippen molar-refractivity contribution in [1.29, 1.82) is 0 Å². The molecule has 11 heteroatoms. The predicted molar refractivity (Wildman–Crippen MR) is 130 cm³/mol. The topological polar surface area (TPSA) is 133 Å². The van der Waals surface area contributed by atoms with Crippen LogP contribution >= 0.6 is 0 Å². The molecule has 0 amide bonds. The number of nitrogen functional groups attached to an aromatic ring is 2. The maximum absolute atomic E-state index is 14.2. The lowest BCUT2D eigenvalue weighted by atomic mass is 10.2. The van der Waals surface area contributed by atoms with E-state index in [2.05, 4.69) is 30.3 Å². The SMILES string of the molecule is C.Nc1nc(-c2nn(Cc3ccccc3F)c3ncc(F)cc23)nc(N)c1N=Nc1ccccc1. The van der Waals surface area contributed by atoms with Crippen molar-refractivity contribution in [3.63, 3.8) is 0 Å². The summed E-state index contributed by atoms with van der Waals surface area (Å²) in [6, 6.07) is 16.6. The molecule has 0 radical (unpaired) electrons. The van der Waals surface area contributed by atoms with E-state index in [4.69, 9.17) is 11.5 Å². The fourth-order valence-electron chi connectivity index (χ4n) is 3.40. The third-order valence-electron chi connectivity index (χ3n) is 5.00. The molecule has 0 aliphatic carbocycles. The number of aromatic nitrogens is 5. The summed E-state index contributed by atoms with van der Waals surface area (Å²) in [7, 11) is 0. The zero-order valence-electron chi connectivity index (χ0n) is 17.6. The number of azo groups is 1. The first kappa shape index (κ1) is 23.4. The van der Waals surface area contributed by atoms with E-state index in [1.807, 2.05) is 18.2 Å². The average Bonchev–Trinajstić information content (AvgIpc) is 3.18. The fourth-order valence-corrected chi connectivity index (χ4v) is 3.40. The van der Waals surface area contributed by atoms with E-state index >= 15 is 0 Å². The first-order valence-electron chi connectivity index (χ1n) is 10.1. The van der Waals surface area contributed by atoms with E-state index in [1.54, 1.807) is 30.3 Å². The van der Waals surface area contributed by atoms with Crippen molar-refractivity contribution in [1.82, 2.24) is 24.7 Å². The minimum atomic E-state index is -0.576. The van der Waals surface area contributed by atoms with Crippen LogP contribution in [0.1, 0.15) is 13.0 Å². The van der Waals surface area contributed by atoms with Crippen LogP contribution in [0.15, 0.2) is 77.1 Å². The number of benzene rings is 2. The molecule has 4 N–H and O–H groups in total. The monoisotopic (exact) mass is 473 g/mol. The number of nitrogens with zero attached hydrogens (tertiary/aromatic N) is 7. The van der Waals surface area contributed by atoms with E-state index in [-0.39, 0.29) is 42.8 Å². The van der Waals surface area contributed by atoms with Gasteiger partial charge in [0.15, 0.2) is 28.8 Å². The van der Waals surface area contributed by atoms with Crippen molar-refractivity contribution in [2.45, 2.75) is 14.0 Å². The Labute approximate surface area is 199 Å². The van der Waals surface area contributed by atoms with Crippen LogP contribution in [0.3, 0.4) is 0 Å². The van der Waals surface area contributed by atoms with Gasteiger partial charge in [-0.25, -0.2) is 28.4 Å². The smallest absolute Gasteiger partial charge is 0.184 e. The zero-order valence-corrected chi connectivity index (χ0v) is 17.6. The van der Waals surface area contributed by atoms with Crippen LogP contribution in [0.2, 0.25) is 0 Å². The summed E-state index contributed by atoms with van der Waals surface area (Å²) in [4.78, 5) is 12.7. The van der Waals surface area contributed by atoms with Gasteiger partial charge in [0, 0.05) is 5.56 Å². The summed E-state index contributed by atoms with van der Waals surface area (Å²) in [6.07, 6.45) is 1.06. The molecule has 0 unspecified atom stereocenters. The van der Waals surface area contributed by atoms with Crippen LogP contribution in [0.5, 0.6) is 0 Å². The summed E-state index contributed by atoms with van der Waals surface area (Å²) >= 11 is 0. The predicted octanol–water partition coefficient (Wildman–Crippen LogP) is 5.43. The molecule has 3 aromatic heterocycles. The largest absolute Gasteiger partial charge is 0.382 e. The number of nitrogens with two attached hydrogens (primary N) is 2. The van der Waals surface area contributed by atoms with Gasteiger partial charge in [0.25, 0.3) is 0 Å². The zero-order chi connectivity index (χ0) is 23.7. The molecule has 0 aliphatic rings. The molecule has 2 aromatic carbocycles. The molecule has 3 heterocycles. The standard InChI is InChI=1S/C23H17F2N9.CH4/c24-14-10-16-18(33-34(23(16)28-11-14)12-13-6-4-5-9-17(13)25)22-29-20(26)19(21(27)30-22)32-31-15-7-2-1-3-8-15;/h1-11H,12H2,(H4,26,27,29,30);1H4. The van der Waals surface area contributed by atoms with Crippen molar-refractivity contribution in [3.05, 3.63) is 84.1 Å². The minimum Gasteiger partial charge on any atom is -0.382 e. The molecule has 0 bridgehead atoms. The molecule has 0 saturated carbocycles. The molecule has 9 nitrogen and oxygen atoms in total. The number of anilines is 2. The van der Waals surface area contributed by atoms with Crippen molar-refractivity contribution in [2.75, 3.05) is 11.5 Å². The average molecular weight is 473 g/mol. The van der Waals surface area contributed by atoms with Crippen molar-refractivity contribution in [2.24, 2.45) is 10.2 Å². The first-order chi connectivity index (χ1) is 16.5. The second kappa shape index (κ2) is 9.59. The number of halogens is 2. The number of hydrogen-bond acceptors (Lipinski definition) is 8. The number of pyridine rings is 1. The van der Waals surface area contributed by atoms with Gasteiger partial charge in [-0.3, -0.25) is 0 Å². The van der Waals surface area contributed by atoms with Gasteiger partial charge >= 0.3 is 0 Å². The Bertz CT molecular complexity index is 1510. The third kappa shape index (κ3) is 4.64.